The fourth-order valence-corrected chi connectivity index (χ4v) is 4.62. The highest BCUT2D eigenvalue weighted by molar-refractivity contribution is 7.89. The highest BCUT2D eigenvalue weighted by atomic mass is 32.2. The van der Waals surface area contributed by atoms with Gasteiger partial charge in [-0.25, -0.2) is 22.9 Å². The first kappa shape index (κ1) is 23.4. The lowest BCUT2D eigenvalue weighted by atomic mass is 9.99. The van der Waals surface area contributed by atoms with E-state index in [4.69, 9.17) is 9.88 Å². The van der Waals surface area contributed by atoms with Gasteiger partial charge in [0.2, 0.25) is 10.0 Å². The summed E-state index contributed by atoms with van der Waals surface area (Å²) < 4.78 is 40.7. The van der Waals surface area contributed by atoms with E-state index in [9.17, 15) is 12.8 Å². The fourth-order valence-electron chi connectivity index (χ4n) is 4.07. The molecule has 3 atom stereocenters. The summed E-state index contributed by atoms with van der Waals surface area (Å²) in [5.41, 5.74) is 2.21. The number of pyridine rings is 1. The summed E-state index contributed by atoms with van der Waals surface area (Å²) in [6.45, 7) is 2.59. The van der Waals surface area contributed by atoms with Crippen molar-refractivity contribution in [2.45, 2.75) is 50.6 Å². The van der Waals surface area contributed by atoms with Crippen molar-refractivity contribution in [3.05, 3.63) is 53.5 Å². The lowest BCUT2D eigenvalue weighted by molar-refractivity contribution is 0.384. The van der Waals surface area contributed by atoms with Crippen molar-refractivity contribution in [3.8, 4) is 5.75 Å². The normalized spacial score (nSPS) is 19.9. The number of hydrogen-bond acceptors (Lipinski definition) is 6. The van der Waals surface area contributed by atoms with Crippen molar-refractivity contribution in [1.82, 2.24) is 10.3 Å². The number of aromatic nitrogens is 1. The molecule has 1 aromatic heterocycles. The molecule has 0 spiro atoms. The zero-order chi connectivity index (χ0) is 22.4. The Bertz CT molecular complexity index is 969. The number of nitrogens with zero attached hydrogens (tertiary/aromatic N) is 1. The maximum Gasteiger partial charge on any atom is 0.209 e. The molecule has 0 aliphatic heterocycles. The van der Waals surface area contributed by atoms with Crippen molar-refractivity contribution >= 4 is 15.8 Å². The topological polar surface area (TPSA) is 106 Å². The summed E-state index contributed by atoms with van der Waals surface area (Å²) in [5.74, 6) is 1.03. The Balaban J connectivity index is 1.49. The van der Waals surface area contributed by atoms with Gasteiger partial charge in [0.05, 0.1) is 12.9 Å². The van der Waals surface area contributed by atoms with Gasteiger partial charge in [0.25, 0.3) is 0 Å². The Labute approximate surface area is 183 Å². The van der Waals surface area contributed by atoms with Crippen LogP contribution in [0.15, 0.2) is 36.5 Å². The van der Waals surface area contributed by atoms with E-state index in [-0.39, 0.29) is 23.4 Å². The number of rotatable bonds is 10. The Hall–Kier alpha value is -2.23. The Kier molecular flexibility index (Phi) is 7.85. The minimum atomic E-state index is -3.42. The van der Waals surface area contributed by atoms with Crippen molar-refractivity contribution in [1.29, 1.82) is 0 Å². The minimum Gasteiger partial charge on any atom is -0.494 e. The van der Waals surface area contributed by atoms with E-state index < -0.39 is 10.0 Å². The molecule has 31 heavy (non-hydrogen) atoms. The highest BCUT2D eigenvalue weighted by Gasteiger charge is 2.27. The zero-order valence-corrected chi connectivity index (χ0v) is 18.8. The maximum atomic E-state index is 13.7. The molecule has 170 valence electrons. The first-order valence-electron chi connectivity index (χ1n) is 10.5. The van der Waals surface area contributed by atoms with E-state index in [1.54, 1.807) is 12.1 Å². The van der Waals surface area contributed by atoms with Crippen LogP contribution < -0.4 is 20.5 Å². The van der Waals surface area contributed by atoms with Crippen molar-refractivity contribution in [3.63, 3.8) is 0 Å². The third-order valence-corrected chi connectivity index (χ3v) is 6.62. The number of ether oxygens (including phenoxy) is 1. The standard InChI is InChI=1S/C22H31FN4O3S/c1-15(16-5-8-20(23)21(13-16)30-2)27-19-7-4-17(12-19)18-6-9-22(26-14-18)25-10-3-11-31(24,28)29/h5-6,8-9,13-15,17,19,27H,3-4,7,10-12H2,1-2H3,(H,25,26)(H2,24,28,29)/t15-,17-,19+/m1/s1. The number of benzene rings is 1. The monoisotopic (exact) mass is 450 g/mol. The Morgan fingerprint density at radius 3 is 2.77 bits per heavy atom. The number of methoxy groups -OCH3 is 1. The number of halogens is 1. The predicted octanol–water partition coefficient (Wildman–Crippen LogP) is 3.31. The van der Waals surface area contributed by atoms with Crippen LogP contribution >= 0.6 is 0 Å². The second kappa shape index (κ2) is 10.4. The van der Waals surface area contributed by atoms with Crippen LogP contribution in [0.1, 0.15) is 55.7 Å². The molecule has 0 bridgehead atoms. The third kappa shape index (κ3) is 6.88. The summed E-state index contributed by atoms with van der Waals surface area (Å²) >= 11 is 0. The van der Waals surface area contributed by atoms with Crippen LogP contribution in [-0.4, -0.2) is 38.9 Å². The third-order valence-electron chi connectivity index (χ3n) is 5.76. The lowest BCUT2D eigenvalue weighted by Gasteiger charge is -2.21. The molecule has 0 saturated heterocycles. The summed E-state index contributed by atoms with van der Waals surface area (Å²) in [5, 5.41) is 11.8. The number of primary sulfonamides is 1. The van der Waals surface area contributed by atoms with Gasteiger partial charge < -0.3 is 15.4 Å². The molecule has 1 aliphatic rings. The predicted molar refractivity (Wildman–Crippen MR) is 120 cm³/mol. The van der Waals surface area contributed by atoms with E-state index in [1.165, 1.54) is 18.7 Å². The largest absolute Gasteiger partial charge is 0.494 e. The van der Waals surface area contributed by atoms with Crippen LogP contribution in [0.2, 0.25) is 0 Å². The smallest absolute Gasteiger partial charge is 0.209 e. The summed E-state index contributed by atoms with van der Waals surface area (Å²) in [4.78, 5) is 4.46. The van der Waals surface area contributed by atoms with Crippen LogP contribution in [0.25, 0.3) is 0 Å². The summed E-state index contributed by atoms with van der Waals surface area (Å²) in [6.07, 6.45) is 5.51. The van der Waals surface area contributed by atoms with Gasteiger partial charge in [0.15, 0.2) is 11.6 Å². The average Bonchev–Trinajstić information content (AvgIpc) is 3.19. The highest BCUT2D eigenvalue weighted by Crippen LogP contribution is 2.35. The van der Waals surface area contributed by atoms with E-state index in [1.807, 2.05) is 12.3 Å². The average molecular weight is 451 g/mol. The first-order valence-corrected chi connectivity index (χ1v) is 12.3. The molecule has 1 aliphatic carbocycles. The molecular formula is C22H31FN4O3S. The number of anilines is 1. The number of sulfonamides is 1. The van der Waals surface area contributed by atoms with Crippen LogP contribution in [0.4, 0.5) is 10.2 Å². The molecule has 9 heteroatoms. The Morgan fingerprint density at radius 1 is 1.29 bits per heavy atom. The SMILES string of the molecule is COc1cc([C@@H](C)N[C@H]2CC[C@@H](c3ccc(NCCCS(N)(=O)=O)nc3)C2)ccc1F. The van der Waals surface area contributed by atoms with Crippen molar-refractivity contribution in [2.75, 3.05) is 24.7 Å². The molecule has 2 aromatic rings. The van der Waals surface area contributed by atoms with Crippen molar-refractivity contribution in [2.24, 2.45) is 5.14 Å². The summed E-state index contributed by atoms with van der Waals surface area (Å²) in [7, 11) is -1.95. The lowest BCUT2D eigenvalue weighted by Crippen LogP contribution is -2.29. The van der Waals surface area contributed by atoms with E-state index >= 15 is 0 Å². The quantitative estimate of drug-likeness (QED) is 0.480. The fraction of sp³-hybridized carbons (Fsp3) is 0.500. The molecule has 7 nitrogen and oxygen atoms in total. The number of hydrogen-bond donors (Lipinski definition) is 3. The van der Waals surface area contributed by atoms with E-state index in [2.05, 4.69) is 28.6 Å². The van der Waals surface area contributed by atoms with Gasteiger partial charge in [0, 0.05) is 24.8 Å². The van der Waals surface area contributed by atoms with Crippen molar-refractivity contribution < 1.29 is 17.5 Å². The molecule has 1 fully saturated rings. The van der Waals surface area contributed by atoms with Gasteiger partial charge in [-0.1, -0.05) is 12.1 Å². The molecular weight excluding hydrogens is 419 g/mol. The Morgan fingerprint density at radius 2 is 2.10 bits per heavy atom. The molecule has 0 unspecified atom stereocenters. The molecule has 1 aromatic carbocycles. The molecule has 3 rings (SSSR count). The van der Waals surface area contributed by atoms with Gasteiger partial charge >= 0.3 is 0 Å². The van der Waals surface area contributed by atoms with Gasteiger partial charge in [0.1, 0.15) is 5.82 Å². The zero-order valence-electron chi connectivity index (χ0n) is 18.0. The van der Waals surface area contributed by atoms with Gasteiger partial charge in [-0.3, -0.25) is 0 Å². The first-order chi connectivity index (χ1) is 14.7. The van der Waals surface area contributed by atoms with Crippen LogP contribution in [0.3, 0.4) is 0 Å². The molecule has 0 radical (unpaired) electrons. The van der Waals surface area contributed by atoms with Crippen LogP contribution in [0, 0.1) is 5.82 Å². The van der Waals surface area contributed by atoms with Gasteiger partial charge in [-0.05, 0) is 67.9 Å². The molecule has 0 amide bonds. The van der Waals surface area contributed by atoms with Crippen LogP contribution in [0.5, 0.6) is 5.75 Å². The van der Waals surface area contributed by atoms with Crippen LogP contribution in [-0.2, 0) is 10.0 Å². The maximum absolute atomic E-state index is 13.7. The number of nitrogens with two attached hydrogens (primary N) is 1. The van der Waals surface area contributed by atoms with Gasteiger partial charge in [-0.15, -0.1) is 0 Å². The van der Waals surface area contributed by atoms with Gasteiger partial charge in [-0.2, -0.15) is 0 Å². The van der Waals surface area contributed by atoms with E-state index in [0.717, 1.165) is 30.6 Å². The minimum absolute atomic E-state index is 0.0440. The van der Waals surface area contributed by atoms with E-state index in [0.29, 0.717) is 24.9 Å². The summed E-state index contributed by atoms with van der Waals surface area (Å²) in [6, 6.07) is 9.47. The second-order valence-electron chi connectivity index (χ2n) is 8.11. The molecule has 1 heterocycles. The molecule has 4 N–H and O–H groups in total. The molecule has 1 saturated carbocycles. The second-order valence-corrected chi connectivity index (χ2v) is 9.85. The number of nitrogens with one attached hydrogen (secondary N) is 2.